The first kappa shape index (κ1) is 14.1. The van der Waals surface area contributed by atoms with Gasteiger partial charge in [0.15, 0.2) is 5.82 Å². The number of hydrogen-bond donors (Lipinski definition) is 1. The lowest BCUT2D eigenvalue weighted by atomic mass is 10.2. The van der Waals surface area contributed by atoms with E-state index in [4.69, 9.17) is 0 Å². The van der Waals surface area contributed by atoms with E-state index in [0.29, 0.717) is 10.2 Å². The van der Waals surface area contributed by atoms with E-state index in [1.165, 1.54) is 10.7 Å². The van der Waals surface area contributed by atoms with Crippen molar-refractivity contribution in [3.05, 3.63) is 39.6 Å². The summed E-state index contributed by atoms with van der Waals surface area (Å²) in [5.41, 5.74) is 1.58. The van der Waals surface area contributed by atoms with E-state index < -0.39 is 11.6 Å². The van der Waals surface area contributed by atoms with Crippen LogP contribution in [0.3, 0.4) is 0 Å². The third-order valence-corrected chi connectivity index (χ3v) is 3.57. The molecule has 0 amide bonds. The number of rotatable bonds is 3. The summed E-state index contributed by atoms with van der Waals surface area (Å²) in [6, 6.07) is 2.01. The Morgan fingerprint density at radius 3 is 2.63 bits per heavy atom. The normalized spacial score (nSPS) is 12.7. The van der Waals surface area contributed by atoms with Crippen LogP contribution in [0.15, 0.2) is 16.6 Å². The van der Waals surface area contributed by atoms with Gasteiger partial charge in [-0.25, -0.2) is 13.5 Å². The molecule has 1 heterocycles. The second-order valence-electron chi connectivity index (χ2n) is 4.20. The number of benzene rings is 1. The minimum Gasteiger partial charge on any atom is -0.312 e. The van der Waals surface area contributed by atoms with Crippen molar-refractivity contribution in [3.8, 4) is 5.69 Å². The summed E-state index contributed by atoms with van der Waals surface area (Å²) in [7, 11) is 1.80. The molecule has 1 aromatic heterocycles. The quantitative estimate of drug-likeness (QED) is 0.940. The number of halogens is 3. The Kier molecular flexibility index (Phi) is 3.96. The van der Waals surface area contributed by atoms with E-state index in [1.807, 2.05) is 6.92 Å². The first-order valence-corrected chi connectivity index (χ1v) is 6.49. The molecule has 19 heavy (non-hydrogen) atoms. The SMILES string of the molecule is CNC(C)c1nnn(-c2c(F)cc(F)cc2Br)c1C. The molecule has 7 heteroatoms. The minimum atomic E-state index is -0.691. The zero-order chi connectivity index (χ0) is 14.2. The highest BCUT2D eigenvalue weighted by atomic mass is 79.9. The van der Waals surface area contributed by atoms with E-state index in [9.17, 15) is 8.78 Å². The molecule has 2 rings (SSSR count). The zero-order valence-corrected chi connectivity index (χ0v) is 12.3. The van der Waals surface area contributed by atoms with Crippen molar-refractivity contribution in [2.24, 2.45) is 0 Å². The Hall–Kier alpha value is -1.34. The molecule has 1 atom stereocenters. The fraction of sp³-hybridized carbons (Fsp3) is 0.333. The molecule has 2 aromatic rings. The van der Waals surface area contributed by atoms with Crippen molar-refractivity contribution in [1.82, 2.24) is 20.3 Å². The molecule has 0 fully saturated rings. The van der Waals surface area contributed by atoms with Crippen molar-refractivity contribution in [3.63, 3.8) is 0 Å². The monoisotopic (exact) mass is 330 g/mol. The molecule has 0 saturated carbocycles. The lowest BCUT2D eigenvalue weighted by Crippen LogP contribution is -2.14. The average molecular weight is 331 g/mol. The third-order valence-electron chi connectivity index (χ3n) is 2.97. The molecule has 1 unspecified atom stereocenters. The van der Waals surface area contributed by atoms with Gasteiger partial charge in [-0.15, -0.1) is 5.10 Å². The molecule has 1 aromatic carbocycles. The molecule has 102 valence electrons. The van der Waals surface area contributed by atoms with Crippen LogP contribution in [0.4, 0.5) is 8.78 Å². The van der Waals surface area contributed by atoms with Crippen LogP contribution in [0.25, 0.3) is 5.69 Å². The first-order chi connectivity index (χ1) is 8.95. The van der Waals surface area contributed by atoms with E-state index in [0.717, 1.165) is 11.8 Å². The van der Waals surface area contributed by atoms with E-state index in [-0.39, 0.29) is 11.7 Å². The van der Waals surface area contributed by atoms with Crippen LogP contribution in [0.5, 0.6) is 0 Å². The summed E-state index contributed by atoms with van der Waals surface area (Å²) in [6.07, 6.45) is 0. The van der Waals surface area contributed by atoms with E-state index in [2.05, 4.69) is 31.6 Å². The number of nitrogens with zero attached hydrogens (tertiary/aromatic N) is 3. The second-order valence-corrected chi connectivity index (χ2v) is 5.05. The predicted molar refractivity (Wildman–Crippen MR) is 71.2 cm³/mol. The molecule has 0 aliphatic carbocycles. The van der Waals surface area contributed by atoms with Crippen LogP contribution >= 0.6 is 15.9 Å². The van der Waals surface area contributed by atoms with Gasteiger partial charge in [-0.1, -0.05) is 5.21 Å². The lowest BCUT2D eigenvalue weighted by Gasteiger charge is -2.10. The fourth-order valence-corrected chi connectivity index (χ4v) is 2.40. The molecule has 0 aliphatic heterocycles. The van der Waals surface area contributed by atoms with Gasteiger partial charge in [-0.2, -0.15) is 0 Å². The van der Waals surface area contributed by atoms with Gasteiger partial charge in [-0.05, 0) is 42.9 Å². The molecule has 1 N–H and O–H groups in total. The minimum absolute atomic E-state index is 0.00367. The van der Waals surface area contributed by atoms with Crippen molar-refractivity contribution in [2.75, 3.05) is 7.05 Å². The Balaban J connectivity index is 2.58. The van der Waals surface area contributed by atoms with Gasteiger partial charge < -0.3 is 5.32 Å². The highest BCUT2D eigenvalue weighted by Crippen LogP contribution is 2.27. The standard InChI is InChI=1S/C12H13BrF2N4/c1-6(16-3)11-7(2)19(18-17-11)12-9(13)4-8(14)5-10(12)15/h4-6,16H,1-3H3. The molecular weight excluding hydrogens is 318 g/mol. The maximum Gasteiger partial charge on any atom is 0.153 e. The van der Waals surface area contributed by atoms with Crippen molar-refractivity contribution in [1.29, 1.82) is 0 Å². The molecular formula is C12H13BrF2N4. The van der Waals surface area contributed by atoms with Gasteiger partial charge in [0, 0.05) is 10.5 Å². The van der Waals surface area contributed by atoms with E-state index in [1.54, 1.807) is 14.0 Å². The summed E-state index contributed by atoms with van der Waals surface area (Å²) >= 11 is 3.15. The highest BCUT2D eigenvalue weighted by molar-refractivity contribution is 9.10. The van der Waals surface area contributed by atoms with Crippen molar-refractivity contribution >= 4 is 15.9 Å². The Labute approximate surface area is 117 Å². The average Bonchev–Trinajstić information content (AvgIpc) is 2.69. The fourth-order valence-electron chi connectivity index (χ4n) is 1.83. The predicted octanol–water partition coefficient (Wildman–Crippen LogP) is 2.90. The Morgan fingerprint density at radius 1 is 1.37 bits per heavy atom. The molecule has 4 nitrogen and oxygen atoms in total. The smallest absolute Gasteiger partial charge is 0.153 e. The van der Waals surface area contributed by atoms with Crippen molar-refractivity contribution in [2.45, 2.75) is 19.9 Å². The first-order valence-electron chi connectivity index (χ1n) is 5.70. The summed E-state index contributed by atoms with van der Waals surface area (Å²) in [4.78, 5) is 0. The van der Waals surface area contributed by atoms with Crippen LogP contribution < -0.4 is 5.32 Å². The van der Waals surface area contributed by atoms with Gasteiger partial charge in [0.1, 0.15) is 17.2 Å². The van der Waals surface area contributed by atoms with Crippen molar-refractivity contribution < 1.29 is 8.78 Å². The van der Waals surface area contributed by atoms with Gasteiger partial charge in [-0.3, -0.25) is 0 Å². The largest absolute Gasteiger partial charge is 0.312 e. The maximum atomic E-state index is 13.9. The Bertz CT molecular complexity index is 589. The third kappa shape index (κ3) is 2.52. The van der Waals surface area contributed by atoms with Gasteiger partial charge in [0.2, 0.25) is 0 Å². The molecule has 0 radical (unpaired) electrons. The molecule has 0 saturated heterocycles. The van der Waals surface area contributed by atoms with Crippen LogP contribution in [0.2, 0.25) is 0 Å². The summed E-state index contributed by atoms with van der Waals surface area (Å²) < 4.78 is 28.6. The van der Waals surface area contributed by atoms with Crippen LogP contribution in [0, 0.1) is 18.6 Å². The maximum absolute atomic E-state index is 13.9. The Morgan fingerprint density at radius 2 is 2.05 bits per heavy atom. The van der Waals surface area contributed by atoms with Crippen LogP contribution in [-0.2, 0) is 0 Å². The van der Waals surface area contributed by atoms with Gasteiger partial charge >= 0.3 is 0 Å². The molecule has 0 bridgehead atoms. The summed E-state index contributed by atoms with van der Waals surface area (Å²) in [6.45, 7) is 3.72. The number of hydrogen-bond acceptors (Lipinski definition) is 3. The zero-order valence-electron chi connectivity index (χ0n) is 10.7. The van der Waals surface area contributed by atoms with Crippen LogP contribution in [-0.4, -0.2) is 22.0 Å². The topological polar surface area (TPSA) is 42.7 Å². The summed E-state index contributed by atoms with van der Waals surface area (Å²) in [5, 5.41) is 11.0. The summed E-state index contributed by atoms with van der Waals surface area (Å²) in [5.74, 6) is -1.33. The van der Waals surface area contributed by atoms with E-state index >= 15 is 0 Å². The molecule has 0 aliphatic rings. The second kappa shape index (κ2) is 5.34. The van der Waals surface area contributed by atoms with Crippen LogP contribution in [0.1, 0.15) is 24.4 Å². The number of nitrogens with one attached hydrogen (secondary N) is 1. The number of aromatic nitrogens is 3. The van der Waals surface area contributed by atoms with Gasteiger partial charge in [0.25, 0.3) is 0 Å². The van der Waals surface area contributed by atoms with Gasteiger partial charge in [0.05, 0.1) is 11.7 Å². The highest BCUT2D eigenvalue weighted by Gasteiger charge is 2.19. The lowest BCUT2D eigenvalue weighted by molar-refractivity contribution is 0.568. The molecule has 0 spiro atoms.